The summed E-state index contributed by atoms with van der Waals surface area (Å²) < 4.78 is 40.7. The lowest BCUT2D eigenvalue weighted by Crippen LogP contribution is -2.18. The zero-order valence-electron chi connectivity index (χ0n) is 10.3. The van der Waals surface area contributed by atoms with Crippen molar-refractivity contribution >= 4 is 5.69 Å². The summed E-state index contributed by atoms with van der Waals surface area (Å²) in [6.45, 7) is 0.318. The van der Waals surface area contributed by atoms with E-state index < -0.39 is 6.36 Å². The average Bonchev–Trinajstić information content (AvgIpc) is 2.38. The van der Waals surface area contributed by atoms with Crippen molar-refractivity contribution in [1.29, 1.82) is 0 Å². The van der Waals surface area contributed by atoms with Gasteiger partial charge in [0.2, 0.25) is 0 Å². The molecule has 0 fully saturated rings. The summed E-state index contributed by atoms with van der Waals surface area (Å²) in [7, 11) is 0. The van der Waals surface area contributed by atoms with Gasteiger partial charge >= 0.3 is 6.36 Å². The van der Waals surface area contributed by atoms with Crippen molar-refractivity contribution in [2.24, 2.45) is 0 Å². The van der Waals surface area contributed by atoms with Crippen LogP contribution in [0.1, 0.15) is 5.56 Å². The monoisotopic (exact) mass is 283 g/mol. The van der Waals surface area contributed by atoms with E-state index in [2.05, 4.69) is 10.1 Å². The zero-order chi connectivity index (χ0) is 14.6. The molecule has 20 heavy (non-hydrogen) atoms. The molecule has 0 aliphatic carbocycles. The fourth-order valence-corrected chi connectivity index (χ4v) is 1.64. The van der Waals surface area contributed by atoms with Crippen LogP contribution in [0.15, 0.2) is 48.5 Å². The molecule has 2 aromatic carbocycles. The number of rotatable bonds is 4. The molecule has 0 amide bonds. The fourth-order valence-electron chi connectivity index (χ4n) is 1.64. The van der Waals surface area contributed by atoms with E-state index in [0.29, 0.717) is 6.54 Å². The number of nitrogens with one attached hydrogen (secondary N) is 1. The van der Waals surface area contributed by atoms with Gasteiger partial charge in [0.05, 0.1) is 5.69 Å². The van der Waals surface area contributed by atoms with Crippen LogP contribution in [0.5, 0.6) is 11.5 Å². The topological polar surface area (TPSA) is 41.5 Å². The minimum absolute atomic E-state index is 0.134. The molecule has 2 aromatic rings. The molecule has 0 saturated carbocycles. The van der Waals surface area contributed by atoms with Gasteiger partial charge < -0.3 is 15.2 Å². The molecule has 0 atom stereocenters. The van der Waals surface area contributed by atoms with Gasteiger partial charge in [0.15, 0.2) is 5.75 Å². The Balaban J connectivity index is 2.07. The molecule has 0 radical (unpaired) electrons. The molecule has 0 saturated heterocycles. The molecule has 2 rings (SSSR count). The highest BCUT2D eigenvalue weighted by Gasteiger charge is 2.31. The van der Waals surface area contributed by atoms with E-state index in [1.54, 1.807) is 18.2 Å². The third-order valence-corrected chi connectivity index (χ3v) is 2.53. The molecule has 6 heteroatoms. The number of hydrogen-bond acceptors (Lipinski definition) is 3. The molecule has 106 valence electrons. The first-order chi connectivity index (χ1) is 9.44. The molecular weight excluding hydrogens is 271 g/mol. The molecule has 0 aliphatic heterocycles. The second-order valence-corrected chi connectivity index (χ2v) is 4.06. The summed E-state index contributed by atoms with van der Waals surface area (Å²) in [6.07, 6.45) is -4.73. The Hall–Kier alpha value is -2.37. The molecule has 0 spiro atoms. The van der Waals surface area contributed by atoms with Crippen molar-refractivity contribution in [2.45, 2.75) is 12.9 Å². The van der Waals surface area contributed by atoms with Crippen LogP contribution in [0, 0.1) is 0 Å². The lowest BCUT2D eigenvalue weighted by molar-refractivity contribution is -0.274. The van der Waals surface area contributed by atoms with Gasteiger partial charge in [-0.25, -0.2) is 0 Å². The van der Waals surface area contributed by atoms with Crippen LogP contribution < -0.4 is 10.1 Å². The van der Waals surface area contributed by atoms with E-state index in [1.165, 1.54) is 30.3 Å². The van der Waals surface area contributed by atoms with Crippen molar-refractivity contribution < 1.29 is 23.0 Å². The SMILES string of the molecule is Oc1ccc(CNc2ccccc2OC(F)(F)F)cc1. The van der Waals surface area contributed by atoms with E-state index in [0.717, 1.165) is 5.56 Å². The molecule has 0 unspecified atom stereocenters. The number of anilines is 1. The molecule has 2 N–H and O–H groups in total. The first kappa shape index (κ1) is 14.0. The number of halogens is 3. The number of hydrogen-bond donors (Lipinski definition) is 2. The Kier molecular flexibility index (Phi) is 4.02. The van der Waals surface area contributed by atoms with Crippen molar-refractivity contribution in [3.63, 3.8) is 0 Å². The molecule has 0 aromatic heterocycles. The Labute approximate surface area is 113 Å². The highest BCUT2D eigenvalue weighted by molar-refractivity contribution is 5.56. The van der Waals surface area contributed by atoms with Crippen LogP contribution in [0.4, 0.5) is 18.9 Å². The first-order valence-electron chi connectivity index (χ1n) is 5.80. The third-order valence-electron chi connectivity index (χ3n) is 2.53. The smallest absolute Gasteiger partial charge is 0.508 e. The van der Waals surface area contributed by atoms with Gasteiger partial charge in [-0.05, 0) is 29.8 Å². The van der Waals surface area contributed by atoms with Crippen LogP contribution in [-0.2, 0) is 6.54 Å². The normalized spacial score (nSPS) is 11.2. The summed E-state index contributed by atoms with van der Waals surface area (Å²) in [5.74, 6) is -0.145. The number of benzene rings is 2. The zero-order valence-corrected chi connectivity index (χ0v) is 10.3. The summed E-state index contributed by atoms with van der Waals surface area (Å²) in [4.78, 5) is 0. The number of aromatic hydroxyl groups is 1. The lowest BCUT2D eigenvalue weighted by atomic mass is 10.2. The van der Waals surface area contributed by atoms with Gasteiger partial charge in [-0.15, -0.1) is 13.2 Å². The highest BCUT2D eigenvalue weighted by atomic mass is 19.4. The van der Waals surface area contributed by atoms with E-state index in [4.69, 9.17) is 5.11 Å². The summed E-state index contributed by atoms with van der Waals surface area (Å²) >= 11 is 0. The van der Waals surface area contributed by atoms with Crippen molar-refractivity contribution in [3.8, 4) is 11.5 Å². The highest BCUT2D eigenvalue weighted by Crippen LogP contribution is 2.30. The maximum absolute atomic E-state index is 12.3. The second-order valence-electron chi connectivity index (χ2n) is 4.06. The average molecular weight is 283 g/mol. The van der Waals surface area contributed by atoms with E-state index in [-0.39, 0.29) is 17.2 Å². The number of phenolic OH excluding ortho intramolecular Hbond substituents is 1. The van der Waals surface area contributed by atoms with Gasteiger partial charge in [-0.3, -0.25) is 0 Å². The number of para-hydroxylation sites is 2. The number of phenols is 1. The molecule has 0 bridgehead atoms. The van der Waals surface area contributed by atoms with Gasteiger partial charge in [0.1, 0.15) is 5.75 Å². The number of ether oxygens (including phenoxy) is 1. The molecular formula is C14H12F3NO2. The second kappa shape index (κ2) is 5.73. The predicted molar refractivity (Wildman–Crippen MR) is 68.6 cm³/mol. The van der Waals surface area contributed by atoms with Gasteiger partial charge in [0.25, 0.3) is 0 Å². The van der Waals surface area contributed by atoms with E-state index >= 15 is 0 Å². The lowest BCUT2D eigenvalue weighted by Gasteiger charge is -2.14. The summed E-state index contributed by atoms with van der Waals surface area (Å²) in [6, 6.07) is 12.2. The largest absolute Gasteiger partial charge is 0.573 e. The quantitative estimate of drug-likeness (QED) is 0.894. The third kappa shape index (κ3) is 4.08. The standard InChI is InChI=1S/C14H12F3NO2/c15-14(16,17)20-13-4-2-1-3-12(13)18-9-10-5-7-11(19)8-6-10/h1-8,18-19H,9H2. The molecule has 3 nitrogen and oxygen atoms in total. The minimum atomic E-state index is -4.73. The van der Waals surface area contributed by atoms with E-state index in [1.807, 2.05) is 0 Å². The Morgan fingerprint density at radius 2 is 1.65 bits per heavy atom. The summed E-state index contributed by atoms with van der Waals surface area (Å²) in [5, 5.41) is 12.0. The van der Waals surface area contributed by atoms with Crippen LogP contribution in [0.3, 0.4) is 0 Å². The molecule has 0 heterocycles. The van der Waals surface area contributed by atoms with Crippen LogP contribution in [0.25, 0.3) is 0 Å². The van der Waals surface area contributed by atoms with Crippen molar-refractivity contribution in [3.05, 3.63) is 54.1 Å². The Morgan fingerprint density at radius 1 is 1.00 bits per heavy atom. The number of alkyl halides is 3. The van der Waals surface area contributed by atoms with Crippen LogP contribution >= 0.6 is 0 Å². The minimum Gasteiger partial charge on any atom is -0.508 e. The van der Waals surface area contributed by atoms with Crippen LogP contribution in [0.2, 0.25) is 0 Å². The molecule has 0 aliphatic rings. The fraction of sp³-hybridized carbons (Fsp3) is 0.143. The first-order valence-corrected chi connectivity index (χ1v) is 5.80. The predicted octanol–water partition coefficient (Wildman–Crippen LogP) is 3.90. The Bertz CT molecular complexity index is 567. The van der Waals surface area contributed by atoms with Gasteiger partial charge in [-0.2, -0.15) is 0 Å². The van der Waals surface area contributed by atoms with E-state index in [9.17, 15) is 13.2 Å². The van der Waals surface area contributed by atoms with Crippen molar-refractivity contribution in [1.82, 2.24) is 0 Å². The maximum Gasteiger partial charge on any atom is 0.573 e. The van der Waals surface area contributed by atoms with Crippen molar-refractivity contribution in [2.75, 3.05) is 5.32 Å². The van der Waals surface area contributed by atoms with Crippen LogP contribution in [-0.4, -0.2) is 11.5 Å². The maximum atomic E-state index is 12.3. The Morgan fingerprint density at radius 3 is 2.30 bits per heavy atom. The van der Waals surface area contributed by atoms with Gasteiger partial charge in [0, 0.05) is 6.54 Å². The summed E-state index contributed by atoms with van der Waals surface area (Å²) in [5.41, 5.74) is 1.07. The van der Waals surface area contributed by atoms with Gasteiger partial charge in [-0.1, -0.05) is 24.3 Å².